The number of halogens is 4. The Kier molecular flexibility index (Phi) is 3.76. The highest BCUT2D eigenvalue weighted by Gasteiger charge is 2.09. The summed E-state index contributed by atoms with van der Waals surface area (Å²) in [5.41, 5.74) is 0.451. The molecule has 1 aromatic carbocycles. The molecule has 1 rings (SSSR count). The van der Waals surface area contributed by atoms with E-state index in [1.165, 1.54) is 0 Å². The standard InChI is InChI=1S/C7H2Br3ClO/c8-4-2-6(10)5(9)1-3(4)7(11)12/h1-2H. The average Bonchev–Trinajstić information content (AvgIpc) is 1.96. The molecule has 0 aliphatic heterocycles. The van der Waals surface area contributed by atoms with Crippen LogP contribution in [-0.4, -0.2) is 5.24 Å². The van der Waals surface area contributed by atoms with Gasteiger partial charge in [0.05, 0.1) is 0 Å². The Bertz CT molecular complexity index is 338. The van der Waals surface area contributed by atoms with Crippen molar-refractivity contribution in [3.05, 3.63) is 31.1 Å². The Morgan fingerprint density at radius 2 is 1.58 bits per heavy atom. The minimum Gasteiger partial charge on any atom is -0.276 e. The molecular weight excluding hydrogens is 375 g/mol. The van der Waals surface area contributed by atoms with E-state index in [0.29, 0.717) is 10.0 Å². The van der Waals surface area contributed by atoms with Crippen LogP contribution in [0.5, 0.6) is 0 Å². The van der Waals surface area contributed by atoms with Gasteiger partial charge in [0.25, 0.3) is 5.24 Å². The van der Waals surface area contributed by atoms with Crippen molar-refractivity contribution in [3.63, 3.8) is 0 Å². The van der Waals surface area contributed by atoms with E-state index in [9.17, 15) is 4.79 Å². The van der Waals surface area contributed by atoms with Gasteiger partial charge in [-0.1, -0.05) is 0 Å². The van der Waals surface area contributed by atoms with E-state index in [4.69, 9.17) is 11.6 Å². The topological polar surface area (TPSA) is 17.1 Å². The van der Waals surface area contributed by atoms with Gasteiger partial charge in [-0.15, -0.1) is 0 Å². The second kappa shape index (κ2) is 4.22. The summed E-state index contributed by atoms with van der Waals surface area (Å²) in [7, 11) is 0. The molecule has 5 heteroatoms. The van der Waals surface area contributed by atoms with Crippen molar-refractivity contribution >= 4 is 64.6 Å². The molecule has 0 radical (unpaired) electrons. The van der Waals surface area contributed by atoms with Gasteiger partial charge in [-0.25, -0.2) is 0 Å². The average molecular weight is 377 g/mol. The molecule has 0 atom stereocenters. The molecule has 0 aromatic heterocycles. The Hall–Kier alpha value is 0.620. The van der Waals surface area contributed by atoms with Crippen LogP contribution in [0.2, 0.25) is 0 Å². The number of rotatable bonds is 1. The van der Waals surface area contributed by atoms with Crippen molar-refractivity contribution in [2.75, 3.05) is 0 Å². The summed E-state index contributed by atoms with van der Waals surface area (Å²) in [6, 6.07) is 3.42. The van der Waals surface area contributed by atoms with Crippen LogP contribution in [0.4, 0.5) is 0 Å². The number of carbonyl (C=O) groups excluding carboxylic acids is 1. The molecule has 0 unspecified atom stereocenters. The summed E-state index contributed by atoms with van der Waals surface area (Å²) in [5, 5.41) is -0.477. The Morgan fingerprint density at radius 3 is 2.08 bits per heavy atom. The van der Waals surface area contributed by atoms with Gasteiger partial charge < -0.3 is 0 Å². The fraction of sp³-hybridized carbons (Fsp3) is 0. The maximum Gasteiger partial charge on any atom is 0.253 e. The molecule has 0 fully saturated rings. The Balaban J connectivity index is 3.33. The summed E-state index contributed by atoms with van der Waals surface area (Å²) >= 11 is 15.1. The smallest absolute Gasteiger partial charge is 0.253 e. The van der Waals surface area contributed by atoms with Crippen molar-refractivity contribution in [2.45, 2.75) is 0 Å². The summed E-state index contributed by atoms with van der Waals surface area (Å²) in [4.78, 5) is 10.8. The fourth-order valence-electron chi connectivity index (χ4n) is 0.673. The zero-order valence-corrected chi connectivity index (χ0v) is 11.1. The molecule has 0 heterocycles. The van der Waals surface area contributed by atoms with Gasteiger partial charge in [0, 0.05) is 19.0 Å². The zero-order chi connectivity index (χ0) is 9.30. The first-order chi connectivity index (χ1) is 5.52. The first kappa shape index (κ1) is 10.7. The zero-order valence-electron chi connectivity index (χ0n) is 5.57. The van der Waals surface area contributed by atoms with Gasteiger partial charge in [0.1, 0.15) is 0 Å². The molecule has 0 aliphatic carbocycles. The van der Waals surface area contributed by atoms with Gasteiger partial charge in [0.2, 0.25) is 0 Å². The predicted molar refractivity (Wildman–Crippen MR) is 59.7 cm³/mol. The quantitative estimate of drug-likeness (QED) is 0.525. The third kappa shape index (κ3) is 2.31. The minimum absolute atomic E-state index is 0.451. The van der Waals surface area contributed by atoms with Crippen LogP contribution in [0, 0.1) is 0 Å². The van der Waals surface area contributed by atoms with Crippen LogP contribution in [0.25, 0.3) is 0 Å². The van der Waals surface area contributed by atoms with Crippen molar-refractivity contribution in [2.24, 2.45) is 0 Å². The highest BCUT2D eigenvalue weighted by atomic mass is 79.9. The van der Waals surface area contributed by atoms with Gasteiger partial charge in [0.15, 0.2) is 0 Å². The van der Waals surface area contributed by atoms with Crippen LogP contribution in [0.1, 0.15) is 10.4 Å². The Labute approximate surface area is 99.9 Å². The normalized spacial score (nSPS) is 10.0. The molecular formula is C7H2Br3ClO. The second-order valence-electron chi connectivity index (χ2n) is 2.02. The molecule has 0 N–H and O–H groups in total. The van der Waals surface area contributed by atoms with Crippen LogP contribution >= 0.6 is 59.4 Å². The lowest BCUT2D eigenvalue weighted by molar-refractivity contribution is 0.108. The molecule has 0 aliphatic rings. The van der Waals surface area contributed by atoms with Gasteiger partial charge in [-0.2, -0.15) is 0 Å². The van der Waals surface area contributed by atoms with E-state index in [1.807, 2.05) is 0 Å². The van der Waals surface area contributed by atoms with Crippen molar-refractivity contribution in [3.8, 4) is 0 Å². The number of hydrogen-bond donors (Lipinski definition) is 0. The monoisotopic (exact) mass is 374 g/mol. The lowest BCUT2D eigenvalue weighted by Gasteiger charge is -2.01. The van der Waals surface area contributed by atoms with Crippen LogP contribution in [0.3, 0.4) is 0 Å². The molecule has 64 valence electrons. The van der Waals surface area contributed by atoms with Crippen LogP contribution < -0.4 is 0 Å². The molecule has 0 bridgehead atoms. The van der Waals surface area contributed by atoms with Gasteiger partial charge in [-0.05, 0) is 71.5 Å². The summed E-state index contributed by atoms with van der Waals surface area (Å²) in [6.07, 6.45) is 0. The lowest BCUT2D eigenvalue weighted by Crippen LogP contribution is -1.90. The number of hydrogen-bond acceptors (Lipinski definition) is 1. The highest BCUT2D eigenvalue weighted by Crippen LogP contribution is 2.30. The third-order valence-corrected chi connectivity index (χ3v) is 3.93. The summed E-state index contributed by atoms with van der Waals surface area (Å²) < 4.78 is 2.35. The minimum atomic E-state index is -0.477. The first-order valence-corrected chi connectivity index (χ1v) is 5.62. The van der Waals surface area contributed by atoms with Crippen LogP contribution in [-0.2, 0) is 0 Å². The van der Waals surface area contributed by atoms with Gasteiger partial charge >= 0.3 is 0 Å². The molecule has 12 heavy (non-hydrogen) atoms. The Morgan fingerprint density at radius 1 is 1.08 bits per heavy atom. The van der Waals surface area contributed by atoms with Gasteiger partial charge in [-0.3, -0.25) is 4.79 Å². The fourth-order valence-corrected chi connectivity index (χ4v) is 2.46. The second-order valence-corrected chi connectivity index (χ2v) is 4.93. The first-order valence-electron chi connectivity index (χ1n) is 2.86. The van der Waals surface area contributed by atoms with Crippen LogP contribution in [0.15, 0.2) is 25.6 Å². The molecule has 0 saturated heterocycles. The molecule has 0 saturated carbocycles. The highest BCUT2D eigenvalue weighted by molar-refractivity contribution is 9.13. The number of carbonyl (C=O) groups is 1. The number of benzene rings is 1. The molecule has 0 amide bonds. The van der Waals surface area contributed by atoms with E-state index < -0.39 is 5.24 Å². The van der Waals surface area contributed by atoms with E-state index in [0.717, 1.165) is 8.95 Å². The lowest BCUT2D eigenvalue weighted by atomic mass is 10.2. The van der Waals surface area contributed by atoms with Crippen molar-refractivity contribution < 1.29 is 4.79 Å². The summed E-state index contributed by atoms with van der Waals surface area (Å²) in [5.74, 6) is 0. The molecule has 1 aromatic rings. The van der Waals surface area contributed by atoms with E-state index in [1.54, 1.807) is 12.1 Å². The van der Waals surface area contributed by atoms with E-state index in [-0.39, 0.29) is 0 Å². The SMILES string of the molecule is O=C(Cl)c1cc(Br)c(Br)cc1Br. The largest absolute Gasteiger partial charge is 0.276 e. The van der Waals surface area contributed by atoms with Crippen molar-refractivity contribution in [1.29, 1.82) is 0 Å². The maximum absolute atomic E-state index is 10.8. The van der Waals surface area contributed by atoms with Crippen molar-refractivity contribution in [1.82, 2.24) is 0 Å². The third-order valence-electron chi connectivity index (χ3n) is 1.22. The van der Waals surface area contributed by atoms with E-state index in [2.05, 4.69) is 47.8 Å². The van der Waals surface area contributed by atoms with E-state index >= 15 is 0 Å². The molecule has 0 spiro atoms. The summed E-state index contributed by atoms with van der Waals surface area (Å²) in [6.45, 7) is 0. The predicted octanol–water partition coefficient (Wildman–Crippen LogP) is 4.35. The molecule has 1 nitrogen and oxygen atoms in total. The maximum atomic E-state index is 10.8.